The Morgan fingerprint density at radius 2 is 1.85 bits per heavy atom. The van der Waals surface area contributed by atoms with Crippen molar-refractivity contribution in [3.63, 3.8) is 0 Å². The van der Waals surface area contributed by atoms with Gasteiger partial charge in [-0.05, 0) is 31.2 Å². The van der Waals surface area contributed by atoms with Crippen LogP contribution in [0.3, 0.4) is 0 Å². The van der Waals surface area contributed by atoms with Crippen LogP contribution in [-0.4, -0.2) is 24.0 Å². The molecule has 0 saturated carbocycles. The molecule has 0 aliphatic rings. The van der Waals surface area contributed by atoms with E-state index in [4.69, 9.17) is 38.4 Å². The van der Waals surface area contributed by atoms with Crippen LogP contribution in [0, 0.1) is 0 Å². The number of urea groups is 1. The average molecular weight is 411 g/mol. The molecule has 0 aliphatic heterocycles. The minimum Gasteiger partial charge on any atom is -0.488 e. The molecule has 0 heterocycles. The summed E-state index contributed by atoms with van der Waals surface area (Å²) in [7, 11) is 0. The van der Waals surface area contributed by atoms with Gasteiger partial charge in [0.2, 0.25) is 0 Å². The number of hydrogen-bond donors (Lipinski definition) is 2. The summed E-state index contributed by atoms with van der Waals surface area (Å²) >= 11 is 12.0. The van der Waals surface area contributed by atoms with E-state index in [2.05, 4.69) is 0 Å². The first-order chi connectivity index (χ1) is 12.8. The smallest absolute Gasteiger partial charge is 0.342 e. The van der Waals surface area contributed by atoms with Crippen molar-refractivity contribution in [3.8, 4) is 5.75 Å². The number of nitrogens with one attached hydrogen (secondary N) is 1. The first kappa shape index (κ1) is 20.5. The summed E-state index contributed by atoms with van der Waals surface area (Å²) in [6.45, 7) is 1.41. The van der Waals surface area contributed by atoms with Gasteiger partial charge in [-0.15, -0.1) is 0 Å². The van der Waals surface area contributed by atoms with Gasteiger partial charge < -0.3 is 15.2 Å². The molecule has 142 valence electrons. The molecule has 7 nitrogen and oxygen atoms in total. The standard InChI is InChI=1S/C18H16Cl2N2O5/c1-10(16(23)22-18(21)25)27-17(24)13-4-2-3-5-15(13)26-9-11-6-7-12(19)8-14(11)20/h2-8,10H,9H2,1H3,(H3,21,22,23,25)/t10-/m1/s1. The van der Waals surface area contributed by atoms with E-state index in [0.29, 0.717) is 15.6 Å². The number of carbonyl (C=O) groups is 3. The highest BCUT2D eigenvalue weighted by atomic mass is 35.5. The second kappa shape index (κ2) is 9.25. The molecule has 27 heavy (non-hydrogen) atoms. The van der Waals surface area contributed by atoms with Crippen molar-refractivity contribution in [2.24, 2.45) is 5.73 Å². The Morgan fingerprint density at radius 1 is 1.15 bits per heavy atom. The minimum absolute atomic E-state index is 0.0952. The van der Waals surface area contributed by atoms with Gasteiger partial charge in [0.1, 0.15) is 17.9 Å². The zero-order valence-electron chi connectivity index (χ0n) is 14.2. The number of nitrogens with two attached hydrogens (primary N) is 1. The van der Waals surface area contributed by atoms with Crippen LogP contribution >= 0.6 is 23.2 Å². The van der Waals surface area contributed by atoms with Crippen LogP contribution in [-0.2, 0) is 16.1 Å². The average Bonchev–Trinajstić information content (AvgIpc) is 2.60. The van der Waals surface area contributed by atoms with Gasteiger partial charge in [0.25, 0.3) is 5.91 Å². The molecule has 0 aliphatic carbocycles. The third kappa shape index (κ3) is 5.87. The predicted octanol–water partition coefficient (Wildman–Crippen LogP) is 3.31. The molecule has 2 aromatic carbocycles. The third-order valence-corrected chi connectivity index (χ3v) is 3.99. The molecule has 2 aromatic rings. The first-order valence-corrected chi connectivity index (χ1v) is 8.50. The number of benzene rings is 2. The number of esters is 1. The molecule has 0 aromatic heterocycles. The summed E-state index contributed by atoms with van der Waals surface area (Å²) in [4.78, 5) is 34.7. The summed E-state index contributed by atoms with van der Waals surface area (Å²) in [5.41, 5.74) is 5.65. The number of primary amides is 1. The number of amides is 3. The van der Waals surface area contributed by atoms with Gasteiger partial charge in [0, 0.05) is 15.6 Å². The lowest BCUT2D eigenvalue weighted by molar-refractivity contribution is -0.127. The molecule has 3 amide bonds. The Bertz CT molecular complexity index is 873. The van der Waals surface area contributed by atoms with Crippen LogP contribution in [0.2, 0.25) is 10.0 Å². The summed E-state index contributed by atoms with van der Waals surface area (Å²) in [6.07, 6.45) is -1.22. The van der Waals surface area contributed by atoms with Crippen LogP contribution in [0.15, 0.2) is 42.5 Å². The number of halogens is 2. The van der Waals surface area contributed by atoms with Gasteiger partial charge in [0.15, 0.2) is 6.10 Å². The summed E-state index contributed by atoms with van der Waals surface area (Å²) < 4.78 is 10.7. The third-order valence-electron chi connectivity index (χ3n) is 3.40. The normalized spacial score (nSPS) is 11.4. The van der Waals surface area contributed by atoms with E-state index < -0.39 is 24.0 Å². The fourth-order valence-corrected chi connectivity index (χ4v) is 2.52. The lowest BCUT2D eigenvalue weighted by atomic mass is 10.2. The number of ether oxygens (including phenoxy) is 2. The molecular weight excluding hydrogens is 395 g/mol. The van der Waals surface area contributed by atoms with Gasteiger partial charge >= 0.3 is 12.0 Å². The highest BCUT2D eigenvalue weighted by Crippen LogP contribution is 2.25. The molecule has 0 bridgehead atoms. The number of hydrogen-bond acceptors (Lipinski definition) is 5. The van der Waals surface area contributed by atoms with Crippen LogP contribution in [0.4, 0.5) is 4.79 Å². The topological polar surface area (TPSA) is 108 Å². The maximum absolute atomic E-state index is 12.3. The number of para-hydroxylation sites is 1. The molecule has 2 rings (SSSR count). The second-order valence-electron chi connectivity index (χ2n) is 5.42. The van der Waals surface area contributed by atoms with Gasteiger partial charge in [0.05, 0.1) is 0 Å². The fourth-order valence-electron chi connectivity index (χ4n) is 2.06. The maximum atomic E-state index is 12.3. The van der Waals surface area contributed by atoms with Crippen molar-refractivity contribution in [1.82, 2.24) is 5.32 Å². The highest BCUT2D eigenvalue weighted by Gasteiger charge is 2.22. The van der Waals surface area contributed by atoms with E-state index in [0.717, 1.165) is 0 Å². The van der Waals surface area contributed by atoms with Crippen molar-refractivity contribution in [2.45, 2.75) is 19.6 Å². The largest absolute Gasteiger partial charge is 0.488 e. The Hall–Kier alpha value is -2.77. The molecular formula is C18H16Cl2N2O5. The summed E-state index contributed by atoms with van der Waals surface area (Å²) in [5, 5.41) is 2.76. The second-order valence-corrected chi connectivity index (χ2v) is 6.27. The van der Waals surface area contributed by atoms with Crippen LogP contribution in [0.5, 0.6) is 5.75 Å². The predicted molar refractivity (Wildman–Crippen MR) is 99.8 cm³/mol. The van der Waals surface area contributed by atoms with Gasteiger partial charge in [-0.3, -0.25) is 10.1 Å². The number of rotatable bonds is 6. The van der Waals surface area contributed by atoms with E-state index in [1.165, 1.54) is 13.0 Å². The van der Waals surface area contributed by atoms with Crippen molar-refractivity contribution < 1.29 is 23.9 Å². The number of carbonyl (C=O) groups excluding carboxylic acids is 3. The molecule has 0 saturated heterocycles. The molecule has 0 unspecified atom stereocenters. The molecule has 9 heteroatoms. The Labute approximate surface area is 165 Å². The molecule has 0 spiro atoms. The van der Waals surface area contributed by atoms with Crippen molar-refractivity contribution >= 4 is 41.1 Å². The number of imide groups is 1. The first-order valence-electron chi connectivity index (χ1n) is 7.75. The Kier molecular flexibility index (Phi) is 7.04. The van der Waals surface area contributed by atoms with E-state index in [9.17, 15) is 14.4 Å². The lowest BCUT2D eigenvalue weighted by Crippen LogP contribution is -2.42. The zero-order chi connectivity index (χ0) is 20.0. The van der Waals surface area contributed by atoms with E-state index in [1.807, 2.05) is 5.32 Å². The van der Waals surface area contributed by atoms with Crippen LogP contribution in [0.25, 0.3) is 0 Å². The highest BCUT2D eigenvalue weighted by molar-refractivity contribution is 6.35. The van der Waals surface area contributed by atoms with Gasteiger partial charge in [-0.25, -0.2) is 9.59 Å². The van der Waals surface area contributed by atoms with Gasteiger partial charge in [-0.1, -0.05) is 41.4 Å². The van der Waals surface area contributed by atoms with E-state index in [-0.39, 0.29) is 17.9 Å². The monoisotopic (exact) mass is 410 g/mol. The SMILES string of the molecule is C[C@@H](OC(=O)c1ccccc1OCc1ccc(Cl)cc1Cl)C(=O)NC(N)=O. The van der Waals surface area contributed by atoms with Gasteiger partial charge in [-0.2, -0.15) is 0 Å². The van der Waals surface area contributed by atoms with Crippen molar-refractivity contribution in [1.29, 1.82) is 0 Å². The fraction of sp³-hybridized carbons (Fsp3) is 0.167. The van der Waals surface area contributed by atoms with Crippen LogP contribution in [0.1, 0.15) is 22.8 Å². The lowest BCUT2D eigenvalue weighted by Gasteiger charge is -2.15. The Balaban J connectivity index is 2.09. The molecule has 0 radical (unpaired) electrons. The Morgan fingerprint density at radius 3 is 2.52 bits per heavy atom. The van der Waals surface area contributed by atoms with E-state index in [1.54, 1.807) is 36.4 Å². The summed E-state index contributed by atoms with van der Waals surface area (Å²) in [5.74, 6) is -1.38. The summed E-state index contributed by atoms with van der Waals surface area (Å²) in [6, 6.07) is 10.3. The molecule has 3 N–H and O–H groups in total. The van der Waals surface area contributed by atoms with E-state index >= 15 is 0 Å². The minimum atomic E-state index is -1.22. The van der Waals surface area contributed by atoms with Crippen molar-refractivity contribution in [2.75, 3.05) is 0 Å². The van der Waals surface area contributed by atoms with Crippen LogP contribution < -0.4 is 15.8 Å². The maximum Gasteiger partial charge on any atom is 0.342 e. The quantitative estimate of drug-likeness (QED) is 0.710. The zero-order valence-corrected chi connectivity index (χ0v) is 15.7. The molecule has 1 atom stereocenters. The molecule has 0 fully saturated rings. The van der Waals surface area contributed by atoms with Crippen molar-refractivity contribution in [3.05, 3.63) is 63.6 Å².